The molecule has 1 aliphatic rings. The van der Waals surface area contributed by atoms with Crippen molar-refractivity contribution in [2.45, 2.75) is 31.7 Å². The summed E-state index contributed by atoms with van der Waals surface area (Å²) < 4.78 is 26.8. The first-order chi connectivity index (χ1) is 10.5. The van der Waals surface area contributed by atoms with Crippen molar-refractivity contribution in [2.75, 3.05) is 23.7 Å². The third-order valence-electron chi connectivity index (χ3n) is 3.66. The smallest absolute Gasteiger partial charge is 0.211 e. The molecule has 0 saturated carbocycles. The first-order valence-electron chi connectivity index (χ1n) is 7.38. The van der Waals surface area contributed by atoms with Gasteiger partial charge in [-0.1, -0.05) is 23.7 Å². The molecule has 0 amide bonds. The van der Waals surface area contributed by atoms with Crippen molar-refractivity contribution in [3.63, 3.8) is 0 Å². The Balaban J connectivity index is 1.96. The maximum absolute atomic E-state index is 12.0. The number of nitrogens with zero attached hydrogens (tertiary/aromatic N) is 2. The third kappa shape index (κ3) is 4.87. The lowest BCUT2D eigenvalue weighted by Crippen LogP contribution is -2.48. The fourth-order valence-corrected chi connectivity index (χ4v) is 4.25. The van der Waals surface area contributed by atoms with E-state index >= 15 is 0 Å². The van der Waals surface area contributed by atoms with Crippen LogP contribution in [0.5, 0.6) is 0 Å². The molecule has 1 aromatic rings. The van der Waals surface area contributed by atoms with Crippen LogP contribution in [0.15, 0.2) is 24.3 Å². The Morgan fingerprint density at radius 2 is 2.18 bits per heavy atom. The van der Waals surface area contributed by atoms with E-state index in [9.17, 15) is 8.42 Å². The van der Waals surface area contributed by atoms with Crippen LogP contribution < -0.4 is 9.62 Å². The number of hydrogen-bond donors (Lipinski definition) is 1. The fraction of sp³-hybridized carbons (Fsp3) is 0.533. The van der Waals surface area contributed by atoms with Gasteiger partial charge in [0.25, 0.3) is 0 Å². The number of halogens is 1. The van der Waals surface area contributed by atoms with E-state index in [1.807, 2.05) is 30.3 Å². The molecule has 22 heavy (non-hydrogen) atoms. The largest absolute Gasteiger partial charge is 0.369 e. The predicted octanol–water partition coefficient (Wildman–Crippen LogP) is 2.53. The van der Waals surface area contributed by atoms with Crippen LogP contribution in [0.25, 0.3) is 0 Å². The molecule has 1 N–H and O–H groups in total. The second-order valence-corrected chi connectivity index (χ2v) is 7.72. The van der Waals surface area contributed by atoms with Crippen LogP contribution in [0.3, 0.4) is 0 Å². The summed E-state index contributed by atoms with van der Waals surface area (Å²) in [6.07, 6.45) is 2.36. The van der Waals surface area contributed by atoms with Crippen LogP contribution in [0.4, 0.5) is 5.69 Å². The van der Waals surface area contributed by atoms with Gasteiger partial charge in [-0.25, -0.2) is 13.1 Å². The van der Waals surface area contributed by atoms with Gasteiger partial charge in [-0.3, -0.25) is 0 Å². The Labute approximate surface area is 136 Å². The average Bonchev–Trinajstić information content (AvgIpc) is 2.47. The minimum atomic E-state index is -3.33. The lowest BCUT2D eigenvalue weighted by molar-refractivity contribution is 0.465. The van der Waals surface area contributed by atoms with E-state index in [1.165, 1.54) is 0 Å². The summed E-state index contributed by atoms with van der Waals surface area (Å²) in [7, 11) is -3.33. The van der Waals surface area contributed by atoms with Gasteiger partial charge in [-0.2, -0.15) is 5.26 Å². The zero-order valence-electron chi connectivity index (χ0n) is 12.3. The molecule has 1 saturated heterocycles. The molecule has 0 spiro atoms. The standard InChI is InChI=1S/C15H20ClN3O2S/c16-14-7-1-2-8-15(14)19-10-5-6-13(12-19)18-22(20,21)11-4-3-9-17/h1-2,7-8,13,18H,3-6,10-12H2. The Bertz CT molecular complexity index is 642. The minimum Gasteiger partial charge on any atom is -0.369 e. The fourth-order valence-electron chi connectivity index (χ4n) is 2.65. The van der Waals surface area contributed by atoms with E-state index in [1.54, 1.807) is 0 Å². The molecule has 0 aromatic heterocycles. The van der Waals surface area contributed by atoms with Gasteiger partial charge >= 0.3 is 0 Å². The lowest BCUT2D eigenvalue weighted by atomic mass is 10.1. The summed E-state index contributed by atoms with van der Waals surface area (Å²) in [5.74, 6) is 0.00313. The molecule has 0 bridgehead atoms. The molecule has 1 aromatic carbocycles. The lowest BCUT2D eigenvalue weighted by Gasteiger charge is -2.35. The monoisotopic (exact) mass is 341 g/mol. The van der Waals surface area contributed by atoms with E-state index in [0.29, 0.717) is 18.0 Å². The highest BCUT2D eigenvalue weighted by Gasteiger charge is 2.25. The van der Waals surface area contributed by atoms with Crippen molar-refractivity contribution in [3.05, 3.63) is 29.3 Å². The number of nitrogens with one attached hydrogen (secondary N) is 1. The van der Waals surface area contributed by atoms with Gasteiger partial charge in [-0.05, 0) is 31.4 Å². The van der Waals surface area contributed by atoms with Crippen molar-refractivity contribution in [3.8, 4) is 6.07 Å². The number of nitriles is 1. The highest BCUT2D eigenvalue weighted by Crippen LogP contribution is 2.27. The first-order valence-corrected chi connectivity index (χ1v) is 9.41. The predicted molar refractivity (Wildman–Crippen MR) is 88.5 cm³/mol. The van der Waals surface area contributed by atoms with E-state index < -0.39 is 10.0 Å². The Morgan fingerprint density at radius 1 is 1.41 bits per heavy atom. The Hall–Kier alpha value is -1.29. The van der Waals surface area contributed by atoms with E-state index in [0.717, 1.165) is 25.1 Å². The summed E-state index contributed by atoms with van der Waals surface area (Å²) in [5.41, 5.74) is 0.942. The van der Waals surface area contributed by atoms with Crippen LogP contribution in [0.2, 0.25) is 5.02 Å². The van der Waals surface area contributed by atoms with Gasteiger partial charge in [0.2, 0.25) is 10.0 Å². The van der Waals surface area contributed by atoms with Gasteiger partial charge in [0.05, 0.1) is 22.5 Å². The molecule has 1 unspecified atom stereocenters. The van der Waals surface area contributed by atoms with Crippen molar-refractivity contribution in [1.29, 1.82) is 5.26 Å². The molecule has 0 radical (unpaired) electrons. The number of benzene rings is 1. The molecule has 120 valence electrons. The quantitative estimate of drug-likeness (QED) is 0.807. The number of unbranched alkanes of at least 4 members (excludes halogenated alkanes) is 1. The van der Waals surface area contributed by atoms with Crippen molar-refractivity contribution >= 4 is 27.3 Å². The summed E-state index contributed by atoms with van der Waals surface area (Å²) in [6.45, 7) is 1.48. The zero-order chi connectivity index (χ0) is 16.0. The SMILES string of the molecule is N#CCCCS(=O)(=O)NC1CCCN(c2ccccc2Cl)C1. The molecule has 1 atom stereocenters. The van der Waals surface area contributed by atoms with Crippen LogP contribution in [-0.4, -0.2) is 33.3 Å². The molecular formula is C15H20ClN3O2S. The number of rotatable bonds is 6. The molecule has 1 fully saturated rings. The van der Waals surface area contributed by atoms with Gasteiger partial charge in [0.15, 0.2) is 0 Å². The van der Waals surface area contributed by atoms with Crippen LogP contribution in [0.1, 0.15) is 25.7 Å². The van der Waals surface area contributed by atoms with E-state index in [-0.39, 0.29) is 18.2 Å². The molecule has 1 heterocycles. The number of para-hydroxylation sites is 1. The molecule has 7 heteroatoms. The number of anilines is 1. The highest BCUT2D eigenvalue weighted by atomic mass is 35.5. The summed E-state index contributed by atoms with van der Waals surface area (Å²) in [5, 5.41) is 9.17. The van der Waals surface area contributed by atoms with Gasteiger partial charge in [0.1, 0.15) is 0 Å². The number of piperidine rings is 1. The highest BCUT2D eigenvalue weighted by molar-refractivity contribution is 7.89. The first kappa shape index (κ1) is 17.1. The van der Waals surface area contributed by atoms with Crippen LogP contribution in [0, 0.1) is 11.3 Å². The maximum Gasteiger partial charge on any atom is 0.211 e. The molecule has 1 aliphatic heterocycles. The van der Waals surface area contributed by atoms with Gasteiger partial charge < -0.3 is 4.90 Å². The topological polar surface area (TPSA) is 73.2 Å². The summed E-state index contributed by atoms with van der Waals surface area (Å²) in [6, 6.07) is 9.45. The van der Waals surface area contributed by atoms with Crippen molar-refractivity contribution < 1.29 is 8.42 Å². The van der Waals surface area contributed by atoms with Crippen LogP contribution >= 0.6 is 11.6 Å². The second-order valence-electron chi connectivity index (χ2n) is 5.43. The summed E-state index contributed by atoms with van der Waals surface area (Å²) >= 11 is 6.21. The summed E-state index contributed by atoms with van der Waals surface area (Å²) in [4.78, 5) is 2.12. The third-order valence-corrected chi connectivity index (χ3v) is 5.50. The van der Waals surface area contributed by atoms with E-state index in [2.05, 4.69) is 9.62 Å². The van der Waals surface area contributed by atoms with Gasteiger partial charge in [-0.15, -0.1) is 0 Å². The van der Waals surface area contributed by atoms with Crippen LogP contribution in [-0.2, 0) is 10.0 Å². The number of sulfonamides is 1. The molecule has 0 aliphatic carbocycles. The zero-order valence-corrected chi connectivity index (χ0v) is 13.9. The van der Waals surface area contributed by atoms with E-state index in [4.69, 9.17) is 16.9 Å². The minimum absolute atomic E-state index is 0.00313. The van der Waals surface area contributed by atoms with Gasteiger partial charge in [0, 0.05) is 25.6 Å². The normalized spacial score (nSPS) is 18.9. The Kier molecular flexibility index (Phi) is 6.07. The number of hydrogen-bond acceptors (Lipinski definition) is 4. The Morgan fingerprint density at radius 3 is 2.91 bits per heavy atom. The van der Waals surface area contributed by atoms with Crippen molar-refractivity contribution in [1.82, 2.24) is 4.72 Å². The molecule has 5 nitrogen and oxygen atoms in total. The van der Waals surface area contributed by atoms with Crippen molar-refractivity contribution in [2.24, 2.45) is 0 Å². The average molecular weight is 342 g/mol. The maximum atomic E-state index is 12.0. The molecule has 2 rings (SSSR count). The second kappa shape index (κ2) is 7.82. The molecular weight excluding hydrogens is 322 g/mol.